The second-order valence-electron chi connectivity index (χ2n) is 14.2. The Morgan fingerprint density at radius 2 is 1.19 bits per heavy atom. The fraction of sp³-hybridized carbons (Fsp3) is 0.786. The number of nitrogens with one attached hydrogen (secondary N) is 1. The van der Waals surface area contributed by atoms with E-state index in [0.717, 1.165) is 57.8 Å². The molecule has 1 saturated heterocycles. The topological polar surface area (TPSA) is 169 Å². The van der Waals surface area contributed by atoms with Crippen molar-refractivity contribution in [1.29, 1.82) is 0 Å². The summed E-state index contributed by atoms with van der Waals surface area (Å²) >= 11 is 0. The van der Waals surface area contributed by atoms with Gasteiger partial charge in [-0.3, -0.25) is 4.79 Å². The predicted octanol–water partition coefficient (Wildman–Crippen LogP) is 6.47. The van der Waals surface area contributed by atoms with Crippen molar-refractivity contribution >= 4 is 5.91 Å². The lowest BCUT2D eigenvalue weighted by Crippen LogP contribution is -2.60. The van der Waals surface area contributed by atoms with Gasteiger partial charge in [0.05, 0.1) is 25.4 Å². The minimum Gasteiger partial charge on any atom is -0.394 e. The third-order valence-corrected chi connectivity index (χ3v) is 9.48. The average molecular weight is 738 g/mol. The summed E-state index contributed by atoms with van der Waals surface area (Å²) in [6.07, 6.45) is 29.1. The number of aliphatic hydroxyl groups excluding tert-OH is 6. The number of rotatable bonds is 32. The van der Waals surface area contributed by atoms with Crippen LogP contribution in [-0.4, -0.2) is 98.7 Å². The summed E-state index contributed by atoms with van der Waals surface area (Å²) in [4.78, 5) is 13.0. The Balaban J connectivity index is 2.50. The highest BCUT2D eigenvalue weighted by molar-refractivity contribution is 5.80. The minimum atomic E-state index is -1.62. The molecule has 1 amide bonds. The molecule has 302 valence electrons. The minimum absolute atomic E-state index is 0.289. The highest BCUT2D eigenvalue weighted by atomic mass is 16.7. The SMILES string of the molecule is CCCCC/C=C\C/C=C\CCCCCCCCC(O)C(=O)NC(COC1OC(CO)C(O)C(O)C1O)C(O)/C=C/CC/C=C/CCCCCCC. The fourth-order valence-corrected chi connectivity index (χ4v) is 6.03. The quantitative estimate of drug-likeness (QED) is 0.0303. The van der Waals surface area contributed by atoms with Gasteiger partial charge in [0.15, 0.2) is 6.29 Å². The first-order chi connectivity index (χ1) is 25.3. The van der Waals surface area contributed by atoms with E-state index in [-0.39, 0.29) is 13.0 Å². The molecule has 0 spiro atoms. The molecular weight excluding hydrogens is 662 g/mol. The normalized spacial score (nSPS) is 23.0. The van der Waals surface area contributed by atoms with Gasteiger partial charge in [0, 0.05) is 0 Å². The summed E-state index contributed by atoms with van der Waals surface area (Å²) in [5.41, 5.74) is 0. The van der Waals surface area contributed by atoms with Crippen LogP contribution in [0.15, 0.2) is 48.6 Å². The summed E-state index contributed by atoms with van der Waals surface area (Å²) in [7, 11) is 0. The average Bonchev–Trinajstić information content (AvgIpc) is 3.14. The van der Waals surface area contributed by atoms with Crippen molar-refractivity contribution in [3.63, 3.8) is 0 Å². The Kier molecular flexibility index (Phi) is 30.1. The van der Waals surface area contributed by atoms with Gasteiger partial charge < -0.3 is 45.4 Å². The Morgan fingerprint density at radius 3 is 1.83 bits per heavy atom. The van der Waals surface area contributed by atoms with Crippen molar-refractivity contribution in [2.24, 2.45) is 0 Å². The molecule has 1 aliphatic heterocycles. The lowest BCUT2D eigenvalue weighted by molar-refractivity contribution is -0.302. The predicted molar refractivity (Wildman–Crippen MR) is 209 cm³/mol. The Hall–Kier alpha value is -1.89. The molecule has 0 radical (unpaired) electrons. The van der Waals surface area contributed by atoms with Gasteiger partial charge >= 0.3 is 0 Å². The summed E-state index contributed by atoms with van der Waals surface area (Å²) in [5.74, 6) is -0.640. The van der Waals surface area contributed by atoms with E-state index in [0.29, 0.717) is 12.8 Å². The summed E-state index contributed by atoms with van der Waals surface area (Å²) in [6, 6.07) is -1.000. The molecule has 1 heterocycles. The smallest absolute Gasteiger partial charge is 0.249 e. The molecule has 0 aromatic heterocycles. The van der Waals surface area contributed by atoms with Crippen LogP contribution >= 0.6 is 0 Å². The van der Waals surface area contributed by atoms with Gasteiger partial charge in [0.1, 0.15) is 30.5 Å². The number of carbonyl (C=O) groups is 1. The van der Waals surface area contributed by atoms with E-state index in [1.165, 1.54) is 57.8 Å². The molecule has 52 heavy (non-hydrogen) atoms. The van der Waals surface area contributed by atoms with Gasteiger partial charge in [-0.05, 0) is 64.2 Å². The molecule has 1 fully saturated rings. The number of hydrogen-bond donors (Lipinski definition) is 7. The molecule has 7 N–H and O–H groups in total. The number of hydrogen-bond acceptors (Lipinski definition) is 9. The summed E-state index contributed by atoms with van der Waals surface area (Å²) in [6.45, 7) is 3.50. The number of aliphatic hydroxyl groups is 6. The highest BCUT2D eigenvalue weighted by Gasteiger charge is 2.44. The zero-order valence-electron chi connectivity index (χ0n) is 32.4. The zero-order valence-corrected chi connectivity index (χ0v) is 32.4. The number of allylic oxidation sites excluding steroid dienone is 7. The Bertz CT molecular complexity index is 969. The lowest BCUT2D eigenvalue weighted by Gasteiger charge is -2.40. The van der Waals surface area contributed by atoms with Crippen molar-refractivity contribution in [3.05, 3.63) is 48.6 Å². The number of unbranched alkanes of at least 4 members (excludes halogenated alkanes) is 15. The second kappa shape index (κ2) is 32.5. The third-order valence-electron chi connectivity index (χ3n) is 9.48. The monoisotopic (exact) mass is 738 g/mol. The van der Waals surface area contributed by atoms with E-state index in [1.54, 1.807) is 6.08 Å². The van der Waals surface area contributed by atoms with E-state index in [1.807, 2.05) is 6.08 Å². The molecule has 0 aromatic carbocycles. The van der Waals surface area contributed by atoms with Crippen molar-refractivity contribution < 1.29 is 44.9 Å². The maximum absolute atomic E-state index is 13.0. The van der Waals surface area contributed by atoms with Crippen LogP contribution in [0.2, 0.25) is 0 Å². The van der Waals surface area contributed by atoms with Crippen LogP contribution in [0.4, 0.5) is 0 Å². The van der Waals surface area contributed by atoms with Gasteiger partial charge in [-0.25, -0.2) is 0 Å². The first-order valence-corrected chi connectivity index (χ1v) is 20.5. The zero-order chi connectivity index (χ0) is 38.2. The standard InChI is InChI=1S/C42H75NO9/c1-3-5-7-9-11-13-15-16-17-18-19-21-23-25-27-29-31-36(46)41(50)43-34(33-51-42-40(49)39(48)38(47)37(32-44)52-42)35(45)30-28-26-24-22-20-14-12-10-8-6-4-2/h11,13,16-17,20,22,28,30,34-40,42,44-49H,3-10,12,14-15,18-19,21,23-27,29,31-33H2,1-2H3,(H,43,50)/b13-11-,17-16-,22-20+,30-28+. The molecule has 0 aromatic rings. The molecule has 0 bridgehead atoms. The van der Waals surface area contributed by atoms with Crippen LogP contribution in [0.5, 0.6) is 0 Å². The van der Waals surface area contributed by atoms with E-state index in [4.69, 9.17) is 9.47 Å². The fourth-order valence-electron chi connectivity index (χ4n) is 6.03. The number of carbonyl (C=O) groups excluding carboxylic acids is 1. The molecule has 1 rings (SSSR count). The van der Waals surface area contributed by atoms with Gasteiger partial charge in [0.25, 0.3) is 0 Å². The van der Waals surface area contributed by atoms with Gasteiger partial charge in [-0.2, -0.15) is 0 Å². The van der Waals surface area contributed by atoms with Crippen LogP contribution in [0.25, 0.3) is 0 Å². The molecule has 10 heteroatoms. The van der Waals surface area contributed by atoms with Gasteiger partial charge in [-0.1, -0.05) is 133 Å². The Labute approximate surface area is 315 Å². The molecule has 10 nitrogen and oxygen atoms in total. The lowest BCUT2D eigenvalue weighted by atomic mass is 9.99. The first-order valence-electron chi connectivity index (χ1n) is 20.5. The second-order valence-corrected chi connectivity index (χ2v) is 14.2. The van der Waals surface area contributed by atoms with E-state index < -0.39 is 61.5 Å². The molecule has 1 aliphatic rings. The molecule has 8 unspecified atom stereocenters. The van der Waals surface area contributed by atoms with Crippen LogP contribution in [0.1, 0.15) is 149 Å². The van der Waals surface area contributed by atoms with Crippen molar-refractivity contribution in [2.45, 2.75) is 198 Å². The van der Waals surface area contributed by atoms with Crippen molar-refractivity contribution in [1.82, 2.24) is 5.32 Å². The summed E-state index contributed by atoms with van der Waals surface area (Å²) < 4.78 is 11.1. The molecule has 0 saturated carbocycles. The van der Waals surface area contributed by atoms with Crippen LogP contribution in [0, 0.1) is 0 Å². The number of amides is 1. The maximum Gasteiger partial charge on any atom is 0.249 e. The van der Waals surface area contributed by atoms with Gasteiger partial charge in [0.2, 0.25) is 5.91 Å². The van der Waals surface area contributed by atoms with Gasteiger partial charge in [-0.15, -0.1) is 0 Å². The molecule has 0 aliphatic carbocycles. The number of ether oxygens (including phenoxy) is 2. The van der Waals surface area contributed by atoms with Crippen LogP contribution < -0.4 is 5.32 Å². The van der Waals surface area contributed by atoms with Crippen LogP contribution in [-0.2, 0) is 14.3 Å². The van der Waals surface area contributed by atoms with E-state index in [2.05, 4.69) is 55.6 Å². The van der Waals surface area contributed by atoms with Crippen molar-refractivity contribution in [2.75, 3.05) is 13.2 Å². The Morgan fingerprint density at radius 1 is 0.673 bits per heavy atom. The molecule has 8 atom stereocenters. The largest absolute Gasteiger partial charge is 0.394 e. The van der Waals surface area contributed by atoms with E-state index >= 15 is 0 Å². The van der Waals surface area contributed by atoms with Crippen LogP contribution in [0.3, 0.4) is 0 Å². The van der Waals surface area contributed by atoms with E-state index in [9.17, 15) is 35.4 Å². The first kappa shape index (κ1) is 48.1. The summed E-state index contributed by atoms with van der Waals surface area (Å²) in [5, 5.41) is 64.3. The van der Waals surface area contributed by atoms with Crippen molar-refractivity contribution in [3.8, 4) is 0 Å². The highest BCUT2D eigenvalue weighted by Crippen LogP contribution is 2.22. The third kappa shape index (κ3) is 23.0. The maximum atomic E-state index is 13.0. The molecular formula is C42H75NO9.